The van der Waals surface area contributed by atoms with Crippen LogP contribution in [0.5, 0.6) is 0 Å². The van der Waals surface area contributed by atoms with Crippen molar-refractivity contribution in [3.63, 3.8) is 0 Å². The number of fused-ring (bicyclic) bond motifs is 1. The molecular weight excluding hydrogens is 255 g/mol. The number of carbonyl (C=O) groups excluding carboxylic acids is 1. The largest absolute Gasteiger partial charge is 0.311 e. The number of aromatic nitrogens is 1. The van der Waals surface area contributed by atoms with E-state index in [0.717, 1.165) is 23.1 Å². The molecule has 0 radical (unpaired) electrons. The van der Waals surface area contributed by atoms with Crippen molar-refractivity contribution in [2.75, 3.05) is 11.4 Å². The third-order valence-electron chi connectivity index (χ3n) is 3.72. The number of aryl methyl sites for hydroxylation is 1. The molecule has 0 saturated carbocycles. The second-order valence-corrected chi connectivity index (χ2v) is 5.05. The molecule has 0 aliphatic carbocycles. The van der Waals surface area contributed by atoms with E-state index in [9.17, 15) is 9.18 Å². The van der Waals surface area contributed by atoms with Crippen molar-refractivity contribution in [1.29, 1.82) is 0 Å². The van der Waals surface area contributed by atoms with Crippen LogP contribution in [0.3, 0.4) is 0 Å². The maximum atomic E-state index is 13.3. The van der Waals surface area contributed by atoms with Gasteiger partial charge >= 0.3 is 0 Å². The van der Waals surface area contributed by atoms with Gasteiger partial charge in [0.05, 0.1) is 6.42 Å². The van der Waals surface area contributed by atoms with Crippen LogP contribution in [0.2, 0.25) is 0 Å². The first-order valence-corrected chi connectivity index (χ1v) is 6.63. The smallest absolute Gasteiger partial charge is 0.231 e. The molecule has 1 aliphatic heterocycles. The van der Waals surface area contributed by atoms with Gasteiger partial charge in [-0.05, 0) is 48.2 Å². The summed E-state index contributed by atoms with van der Waals surface area (Å²) in [6.07, 6.45) is 4.55. The van der Waals surface area contributed by atoms with Crippen LogP contribution in [0.15, 0.2) is 36.7 Å². The maximum absolute atomic E-state index is 13.3. The average Bonchev–Trinajstić information content (AvgIpc) is 2.84. The van der Waals surface area contributed by atoms with Gasteiger partial charge in [0, 0.05) is 24.6 Å². The predicted molar refractivity (Wildman–Crippen MR) is 75.1 cm³/mol. The van der Waals surface area contributed by atoms with Gasteiger partial charge in [-0.2, -0.15) is 0 Å². The van der Waals surface area contributed by atoms with Crippen molar-refractivity contribution in [2.45, 2.75) is 19.8 Å². The quantitative estimate of drug-likeness (QED) is 0.840. The number of hydrogen-bond donors (Lipinski definition) is 0. The van der Waals surface area contributed by atoms with Crippen molar-refractivity contribution >= 4 is 11.6 Å². The summed E-state index contributed by atoms with van der Waals surface area (Å²) >= 11 is 0. The molecule has 1 aliphatic rings. The lowest BCUT2D eigenvalue weighted by Crippen LogP contribution is -2.30. The molecule has 1 amide bonds. The van der Waals surface area contributed by atoms with E-state index >= 15 is 0 Å². The molecule has 0 saturated heterocycles. The zero-order valence-electron chi connectivity index (χ0n) is 11.3. The number of amides is 1. The van der Waals surface area contributed by atoms with Crippen molar-refractivity contribution in [1.82, 2.24) is 4.98 Å². The molecule has 3 nitrogen and oxygen atoms in total. The van der Waals surface area contributed by atoms with E-state index in [-0.39, 0.29) is 11.7 Å². The summed E-state index contributed by atoms with van der Waals surface area (Å²) < 4.78 is 13.3. The second kappa shape index (κ2) is 5.04. The van der Waals surface area contributed by atoms with Crippen molar-refractivity contribution in [3.05, 3.63) is 59.2 Å². The molecule has 102 valence electrons. The van der Waals surface area contributed by atoms with E-state index in [2.05, 4.69) is 4.98 Å². The summed E-state index contributed by atoms with van der Waals surface area (Å²) in [5.41, 5.74) is 3.71. The number of pyridine rings is 1. The highest BCUT2D eigenvalue weighted by molar-refractivity contribution is 5.96. The Morgan fingerprint density at radius 1 is 1.40 bits per heavy atom. The Kier molecular flexibility index (Phi) is 3.22. The topological polar surface area (TPSA) is 33.2 Å². The molecule has 0 spiro atoms. The van der Waals surface area contributed by atoms with Crippen LogP contribution in [0, 0.1) is 12.7 Å². The van der Waals surface area contributed by atoms with Gasteiger partial charge in [-0.15, -0.1) is 0 Å². The summed E-state index contributed by atoms with van der Waals surface area (Å²) in [6, 6.07) is 6.50. The van der Waals surface area contributed by atoms with Gasteiger partial charge < -0.3 is 4.90 Å². The Morgan fingerprint density at radius 3 is 3.05 bits per heavy atom. The fourth-order valence-corrected chi connectivity index (χ4v) is 2.57. The molecule has 2 heterocycles. The summed E-state index contributed by atoms with van der Waals surface area (Å²) in [5, 5.41) is 0. The van der Waals surface area contributed by atoms with E-state index in [1.54, 1.807) is 23.4 Å². The Balaban J connectivity index is 1.84. The summed E-state index contributed by atoms with van der Waals surface area (Å²) in [5.74, 6) is -0.299. The van der Waals surface area contributed by atoms with Gasteiger partial charge in [0.15, 0.2) is 0 Å². The first kappa shape index (κ1) is 12.8. The summed E-state index contributed by atoms with van der Waals surface area (Å²) in [4.78, 5) is 18.1. The van der Waals surface area contributed by atoms with E-state index in [1.165, 1.54) is 12.1 Å². The number of rotatable bonds is 2. The molecule has 3 rings (SSSR count). The molecule has 0 bridgehead atoms. The van der Waals surface area contributed by atoms with E-state index in [0.29, 0.717) is 18.7 Å². The molecule has 0 fully saturated rings. The molecule has 2 aromatic rings. The van der Waals surface area contributed by atoms with Crippen LogP contribution in [-0.4, -0.2) is 17.4 Å². The van der Waals surface area contributed by atoms with Crippen molar-refractivity contribution in [2.24, 2.45) is 0 Å². The van der Waals surface area contributed by atoms with E-state index in [4.69, 9.17) is 0 Å². The fourth-order valence-electron chi connectivity index (χ4n) is 2.57. The molecule has 0 N–H and O–H groups in total. The lowest BCUT2D eigenvalue weighted by molar-refractivity contribution is -0.117. The van der Waals surface area contributed by atoms with Crippen LogP contribution in [0.4, 0.5) is 10.1 Å². The Hall–Kier alpha value is -2.23. The van der Waals surface area contributed by atoms with Gasteiger partial charge in [-0.25, -0.2) is 4.39 Å². The van der Waals surface area contributed by atoms with Crippen LogP contribution in [-0.2, 0) is 17.6 Å². The average molecular weight is 270 g/mol. The zero-order valence-corrected chi connectivity index (χ0v) is 11.3. The molecule has 0 atom stereocenters. The molecule has 20 heavy (non-hydrogen) atoms. The maximum Gasteiger partial charge on any atom is 0.231 e. The number of benzene rings is 1. The number of carbonyl (C=O) groups is 1. The molecule has 4 heteroatoms. The second-order valence-electron chi connectivity index (χ2n) is 5.05. The highest BCUT2D eigenvalue weighted by Gasteiger charge is 2.25. The number of hydrogen-bond acceptors (Lipinski definition) is 2. The van der Waals surface area contributed by atoms with Gasteiger partial charge in [0.1, 0.15) is 5.82 Å². The Labute approximate surface area is 117 Å². The Bertz CT molecular complexity index is 669. The molecular formula is C16H15FN2O. The van der Waals surface area contributed by atoms with Crippen molar-refractivity contribution < 1.29 is 9.18 Å². The normalized spacial score (nSPS) is 13.4. The predicted octanol–water partition coefficient (Wildman–Crippen LogP) is 2.66. The first-order chi connectivity index (χ1) is 9.65. The fraction of sp³-hybridized carbons (Fsp3) is 0.250. The SMILES string of the molecule is Cc1cnccc1CC(=O)N1CCc2ccc(F)cc21. The van der Waals surface area contributed by atoms with Gasteiger partial charge in [-0.3, -0.25) is 9.78 Å². The number of nitrogens with zero attached hydrogens (tertiary/aromatic N) is 2. The van der Waals surface area contributed by atoms with Crippen molar-refractivity contribution in [3.8, 4) is 0 Å². The van der Waals surface area contributed by atoms with Crippen LogP contribution >= 0.6 is 0 Å². The van der Waals surface area contributed by atoms with E-state index in [1.807, 2.05) is 13.0 Å². The number of anilines is 1. The highest BCUT2D eigenvalue weighted by Crippen LogP contribution is 2.29. The monoisotopic (exact) mass is 270 g/mol. The lowest BCUT2D eigenvalue weighted by Gasteiger charge is -2.18. The first-order valence-electron chi connectivity index (χ1n) is 6.63. The highest BCUT2D eigenvalue weighted by atomic mass is 19.1. The minimum atomic E-state index is -0.302. The molecule has 0 unspecified atom stereocenters. The van der Waals surface area contributed by atoms with Gasteiger partial charge in [-0.1, -0.05) is 6.07 Å². The summed E-state index contributed by atoms with van der Waals surface area (Å²) in [7, 11) is 0. The third kappa shape index (κ3) is 2.29. The standard InChI is InChI=1S/C16H15FN2O/c1-11-10-18-6-4-13(11)8-16(20)19-7-5-12-2-3-14(17)9-15(12)19/h2-4,6,9-10H,5,7-8H2,1H3. The Morgan fingerprint density at radius 2 is 2.25 bits per heavy atom. The molecule has 1 aromatic carbocycles. The van der Waals surface area contributed by atoms with E-state index < -0.39 is 0 Å². The third-order valence-corrected chi connectivity index (χ3v) is 3.72. The minimum Gasteiger partial charge on any atom is -0.311 e. The van der Waals surface area contributed by atoms with Crippen LogP contribution in [0.25, 0.3) is 0 Å². The molecule has 1 aromatic heterocycles. The minimum absolute atomic E-state index is 0.00338. The zero-order chi connectivity index (χ0) is 14.1. The van der Waals surface area contributed by atoms with Gasteiger partial charge in [0.2, 0.25) is 5.91 Å². The summed E-state index contributed by atoms with van der Waals surface area (Å²) in [6.45, 7) is 2.56. The number of halogens is 1. The van der Waals surface area contributed by atoms with Crippen LogP contribution < -0.4 is 4.90 Å². The lowest BCUT2D eigenvalue weighted by atomic mass is 10.1. The van der Waals surface area contributed by atoms with Gasteiger partial charge in [0.25, 0.3) is 0 Å². The van der Waals surface area contributed by atoms with Crippen LogP contribution in [0.1, 0.15) is 16.7 Å².